The van der Waals surface area contributed by atoms with E-state index in [4.69, 9.17) is 4.74 Å². The molecule has 0 atom stereocenters. The fraction of sp³-hybridized carbons (Fsp3) is 0.227. The molecule has 148 valence electrons. The van der Waals surface area contributed by atoms with Crippen LogP contribution in [0.5, 0.6) is 0 Å². The van der Waals surface area contributed by atoms with E-state index in [0.717, 1.165) is 17.8 Å². The lowest BCUT2D eigenvalue weighted by Crippen LogP contribution is -2.29. The van der Waals surface area contributed by atoms with Crippen LogP contribution in [0.2, 0.25) is 0 Å². The highest BCUT2D eigenvalue weighted by Crippen LogP contribution is 2.29. The molecule has 2 aromatic rings. The molecule has 0 spiro atoms. The van der Waals surface area contributed by atoms with E-state index in [1.165, 1.54) is 18.2 Å². The maximum absolute atomic E-state index is 13.5. The lowest BCUT2D eigenvalue weighted by atomic mass is 10.0. The first kappa shape index (κ1) is 18.9. The number of hydrogen-bond acceptors (Lipinski definition) is 5. The van der Waals surface area contributed by atoms with Gasteiger partial charge in [-0.15, -0.1) is 0 Å². The molecule has 0 saturated heterocycles. The van der Waals surface area contributed by atoms with Gasteiger partial charge in [-0.05, 0) is 48.4 Å². The van der Waals surface area contributed by atoms with Gasteiger partial charge in [-0.2, -0.15) is 10.1 Å². The van der Waals surface area contributed by atoms with Crippen LogP contribution in [-0.2, 0) is 16.1 Å². The Morgan fingerprint density at radius 2 is 1.97 bits per heavy atom. The number of aryl methyl sites for hydroxylation is 1. The number of hydrazone groups is 1. The van der Waals surface area contributed by atoms with Crippen molar-refractivity contribution in [2.75, 3.05) is 18.7 Å². The molecule has 0 N–H and O–H groups in total. The number of fused-ring (bicyclic) bond motifs is 1. The molecule has 0 unspecified atom stereocenters. The van der Waals surface area contributed by atoms with E-state index >= 15 is 0 Å². The second kappa shape index (κ2) is 7.50. The third kappa shape index (κ3) is 3.63. The number of esters is 1. The molecule has 2 aliphatic rings. The first-order chi connectivity index (χ1) is 14.0. The Morgan fingerprint density at radius 3 is 2.66 bits per heavy atom. The number of benzene rings is 2. The highest BCUT2D eigenvalue weighted by Gasteiger charge is 2.34. The lowest BCUT2D eigenvalue weighted by Gasteiger charge is -2.25. The number of halogens is 1. The van der Waals surface area contributed by atoms with Gasteiger partial charge in [-0.3, -0.25) is 4.79 Å². The zero-order chi connectivity index (χ0) is 20.5. The van der Waals surface area contributed by atoms with Crippen LogP contribution in [0.4, 0.5) is 10.1 Å². The van der Waals surface area contributed by atoms with Crippen molar-refractivity contribution in [3.8, 4) is 0 Å². The Kier molecular flexibility index (Phi) is 4.88. The second-order valence-electron chi connectivity index (χ2n) is 7.05. The monoisotopic (exact) mass is 393 g/mol. The van der Waals surface area contributed by atoms with Gasteiger partial charge < -0.3 is 9.64 Å². The Morgan fingerprint density at radius 1 is 1.21 bits per heavy atom. The Labute approximate surface area is 167 Å². The highest BCUT2D eigenvalue weighted by molar-refractivity contribution is 6.30. The summed E-state index contributed by atoms with van der Waals surface area (Å²) in [6.45, 7) is 3.00. The molecule has 1 amide bonds. The molecule has 4 rings (SSSR count). The third-order valence-electron chi connectivity index (χ3n) is 5.05. The summed E-state index contributed by atoms with van der Waals surface area (Å²) >= 11 is 0. The number of methoxy groups -OCH3 is 1. The molecule has 0 aromatic heterocycles. The number of nitrogens with zero attached hydrogens (tertiary/aromatic N) is 3. The summed E-state index contributed by atoms with van der Waals surface area (Å²) in [5.41, 5.74) is 3.85. The number of anilines is 1. The number of amides is 1. The average Bonchev–Trinajstić information content (AvgIpc) is 3.06. The van der Waals surface area contributed by atoms with Crippen molar-refractivity contribution in [1.82, 2.24) is 4.90 Å². The van der Waals surface area contributed by atoms with Crippen LogP contribution in [0.15, 0.2) is 59.3 Å². The summed E-state index contributed by atoms with van der Waals surface area (Å²) in [6.07, 6.45) is 2.48. The number of carbonyl (C=O) groups excluding carboxylic acids is 2. The normalized spacial score (nSPS) is 15.8. The molecule has 0 bridgehead atoms. The topological polar surface area (TPSA) is 62.2 Å². The van der Waals surface area contributed by atoms with Gasteiger partial charge in [-0.25, -0.2) is 9.18 Å². The van der Waals surface area contributed by atoms with Crippen LogP contribution in [0.25, 0.3) is 0 Å². The maximum atomic E-state index is 13.5. The predicted molar refractivity (Wildman–Crippen MR) is 107 cm³/mol. The zero-order valence-corrected chi connectivity index (χ0v) is 16.2. The van der Waals surface area contributed by atoms with E-state index in [1.807, 2.05) is 18.3 Å². The van der Waals surface area contributed by atoms with Crippen molar-refractivity contribution in [3.05, 3.63) is 76.7 Å². The van der Waals surface area contributed by atoms with Crippen LogP contribution < -0.4 is 5.01 Å². The molecular formula is C22H20FN3O3. The van der Waals surface area contributed by atoms with Gasteiger partial charge in [0.05, 0.1) is 29.6 Å². The minimum atomic E-state index is -0.370. The molecule has 2 heterocycles. The van der Waals surface area contributed by atoms with Crippen molar-refractivity contribution < 1.29 is 18.7 Å². The van der Waals surface area contributed by atoms with Crippen molar-refractivity contribution in [2.24, 2.45) is 5.10 Å². The van der Waals surface area contributed by atoms with Gasteiger partial charge in [-0.1, -0.05) is 12.1 Å². The third-order valence-corrected chi connectivity index (χ3v) is 5.05. The lowest BCUT2D eigenvalue weighted by molar-refractivity contribution is -0.114. The number of ether oxygens (including phenoxy) is 1. The fourth-order valence-corrected chi connectivity index (χ4v) is 3.43. The van der Waals surface area contributed by atoms with Gasteiger partial charge in [0.15, 0.2) is 0 Å². The fourth-order valence-electron chi connectivity index (χ4n) is 3.43. The minimum absolute atomic E-state index is 0.211. The highest BCUT2D eigenvalue weighted by atomic mass is 19.1. The van der Waals surface area contributed by atoms with Crippen LogP contribution in [-0.4, -0.2) is 36.1 Å². The molecule has 29 heavy (non-hydrogen) atoms. The average molecular weight is 393 g/mol. The van der Waals surface area contributed by atoms with E-state index in [9.17, 15) is 14.0 Å². The predicted octanol–water partition coefficient (Wildman–Crippen LogP) is 3.41. The summed E-state index contributed by atoms with van der Waals surface area (Å²) < 4.78 is 18.3. The maximum Gasteiger partial charge on any atom is 0.337 e. The summed E-state index contributed by atoms with van der Waals surface area (Å²) in [6, 6.07) is 11.7. The molecule has 0 aliphatic carbocycles. The van der Waals surface area contributed by atoms with Crippen molar-refractivity contribution in [2.45, 2.75) is 19.9 Å². The first-order valence-electron chi connectivity index (χ1n) is 9.28. The van der Waals surface area contributed by atoms with Gasteiger partial charge >= 0.3 is 5.97 Å². The van der Waals surface area contributed by atoms with Crippen molar-refractivity contribution in [3.63, 3.8) is 0 Å². The van der Waals surface area contributed by atoms with E-state index < -0.39 is 0 Å². The molecule has 7 heteroatoms. The first-order valence-corrected chi connectivity index (χ1v) is 9.28. The number of rotatable bonds is 4. The molecule has 6 nitrogen and oxygen atoms in total. The summed E-state index contributed by atoms with van der Waals surface area (Å²) in [5, 5.41) is 5.78. The zero-order valence-electron chi connectivity index (χ0n) is 16.2. The molecule has 0 saturated carbocycles. The van der Waals surface area contributed by atoms with Gasteiger partial charge in [0, 0.05) is 25.7 Å². The van der Waals surface area contributed by atoms with Crippen LogP contribution in [0.1, 0.15) is 27.9 Å². The standard InChI is InChI=1S/C22H20FN3O3/c1-14-11-17(7-8-19(14)23)26-21(27)18-13-25(10-9-20(18)24-26)12-15-3-5-16(6-4-15)22(28)29-2/h3-8,11,13H,9-10,12H2,1-2H3. The SMILES string of the molecule is COC(=O)c1ccc(CN2C=C3C(=O)N(c4ccc(F)c(C)c4)N=C3CC2)cc1. The van der Waals surface area contributed by atoms with E-state index in [1.54, 1.807) is 31.2 Å². The molecular weight excluding hydrogens is 373 g/mol. The largest absolute Gasteiger partial charge is 0.465 e. The molecule has 0 radical (unpaired) electrons. The Bertz CT molecular complexity index is 1040. The molecule has 0 fully saturated rings. The molecule has 2 aliphatic heterocycles. The van der Waals surface area contributed by atoms with E-state index in [-0.39, 0.29) is 17.7 Å². The number of hydrogen-bond donors (Lipinski definition) is 0. The van der Waals surface area contributed by atoms with E-state index in [2.05, 4.69) is 10.0 Å². The van der Waals surface area contributed by atoms with Crippen molar-refractivity contribution >= 4 is 23.3 Å². The quantitative estimate of drug-likeness (QED) is 0.747. The number of carbonyl (C=O) groups is 2. The van der Waals surface area contributed by atoms with Gasteiger partial charge in [0.2, 0.25) is 0 Å². The summed E-state index contributed by atoms with van der Waals surface area (Å²) in [4.78, 5) is 26.5. The Hall–Kier alpha value is -3.48. The smallest absolute Gasteiger partial charge is 0.337 e. The van der Waals surface area contributed by atoms with Crippen molar-refractivity contribution in [1.29, 1.82) is 0 Å². The van der Waals surface area contributed by atoms with Gasteiger partial charge in [0.25, 0.3) is 5.91 Å². The summed E-state index contributed by atoms with van der Waals surface area (Å²) in [7, 11) is 1.35. The van der Waals surface area contributed by atoms with Gasteiger partial charge in [0.1, 0.15) is 5.82 Å². The van der Waals surface area contributed by atoms with Crippen LogP contribution >= 0.6 is 0 Å². The molecule has 2 aromatic carbocycles. The summed E-state index contributed by atoms with van der Waals surface area (Å²) in [5.74, 6) is -0.893. The van der Waals surface area contributed by atoms with Crippen LogP contribution in [0, 0.1) is 12.7 Å². The van der Waals surface area contributed by atoms with E-state index in [0.29, 0.717) is 35.4 Å². The second-order valence-corrected chi connectivity index (χ2v) is 7.05. The Balaban J connectivity index is 1.51. The minimum Gasteiger partial charge on any atom is -0.465 e. The van der Waals surface area contributed by atoms with Crippen LogP contribution in [0.3, 0.4) is 0 Å².